The summed E-state index contributed by atoms with van der Waals surface area (Å²) in [6, 6.07) is 0. The SMILES string of the molecule is C=CC=C.CCCCCCOCCCCCC. The lowest BCUT2D eigenvalue weighted by Crippen LogP contribution is -1.96. The standard InChI is InChI=1S/C12H26O.C4H6/c1-3-5-7-9-11-13-12-10-8-6-4-2;1-3-4-2/h3-12H2,1-2H3;3-4H,1-2H2. The van der Waals surface area contributed by atoms with Crippen LogP contribution in [0.15, 0.2) is 25.3 Å². The van der Waals surface area contributed by atoms with Crippen LogP contribution in [0.3, 0.4) is 0 Å². The largest absolute Gasteiger partial charge is 0.381 e. The van der Waals surface area contributed by atoms with Crippen LogP contribution in [0.2, 0.25) is 0 Å². The lowest BCUT2D eigenvalue weighted by molar-refractivity contribution is 0.126. The van der Waals surface area contributed by atoms with Crippen molar-refractivity contribution in [3.63, 3.8) is 0 Å². The number of hydrogen-bond donors (Lipinski definition) is 0. The van der Waals surface area contributed by atoms with Crippen molar-refractivity contribution in [2.24, 2.45) is 0 Å². The van der Waals surface area contributed by atoms with Gasteiger partial charge in [-0.15, -0.1) is 0 Å². The van der Waals surface area contributed by atoms with Gasteiger partial charge >= 0.3 is 0 Å². The molecular weight excluding hydrogens is 208 g/mol. The van der Waals surface area contributed by atoms with Crippen LogP contribution in [-0.2, 0) is 4.74 Å². The highest BCUT2D eigenvalue weighted by atomic mass is 16.5. The third-order valence-electron chi connectivity index (χ3n) is 2.45. The van der Waals surface area contributed by atoms with Crippen LogP contribution >= 0.6 is 0 Å². The second-order valence-electron chi connectivity index (χ2n) is 4.21. The van der Waals surface area contributed by atoms with E-state index in [1.54, 1.807) is 12.2 Å². The number of allylic oxidation sites excluding steroid dienone is 2. The van der Waals surface area contributed by atoms with Gasteiger partial charge in [0.1, 0.15) is 0 Å². The monoisotopic (exact) mass is 240 g/mol. The molecule has 0 saturated carbocycles. The molecule has 0 unspecified atom stereocenters. The first kappa shape index (κ1) is 18.8. The minimum Gasteiger partial charge on any atom is -0.381 e. The summed E-state index contributed by atoms with van der Waals surface area (Å²) in [6.07, 6.45) is 13.8. The Bertz CT molecular complexity index is 124. The number of hydrogen-bond acceptors (Lipinski definition) is 1. The molecule has 17 heavy (non-hydrogen) atoms. The molecule has 0 aliphatic rings. The first-order chi connectivity index (χ1) is 8.33. The van der Waals surface area contributed by atoms with E-state index < -0.39 is 0 Å². The van der Waals surface area contributed by atoms with Gasteiger partial charge in [-0.05, 0) is 12.8 Å². The molecule has 0 rings (SSSR count). The molecule has 0 aromatic rings. The van der Waals surface area contributed by atoms with Crippen LogP contribution in [0.25, 0.3) is 0 Å². The Balaban J connectivity index is 0. The van der Waals surface area contributed by atoms with Crippen molar-refractivity contribution in [3.8, 4) is 0 Å². The second-order valence-corrected chi connectivity index (χ2v) is 4.21. The van der Waals surface area contributed by atoms with E-state index in [1.807, 2.05) is 0 Å². The summed E-state index contributed by atoms with van der Waals surface area (Å²) >= 11 is 0. The van der Waals surface area contributed by atoms with Crippen molar-refractivity contribution >= 4 is 0 Å². The van der Waals surface area contributed by atoms with E-state index in [1.165, 1.54) is 51.4 Å². The van der Waals surface area contributed by atoms with Gasteiger partial charge < -0.3 is 4.74 Å². The average Bonchev–Trinajstić information content (AvgIpc) is 2.37. The third kappa shape index (κ3) is 25.6. The number of ether oxygens (including phenoxy) is 1. The average molecular weight is 240 g/mol. The molecule has 0 bridgehead atoms. The Morgan fingerprint density at radius 3 is 1.41 bits per heavy atom. The Kier molecular flexibility index (Phi) is 23.0. The molecule has 0 saturated heterocycles. The zero-order valence-corrected chi connectivity index (χ0v) is 12.0. The van der Waals surface area contributed by atoms with Crippen molar-refractivity contribution < 1.29 is 4.74 Å². The lowest BCUT2D eigenvalue weighted by atomic mass is 10.2. The maximum atomic E-state index is 5.53. The van der Waals surface area contributed by atoms with Crippen molar-refractivity contribution in [2.75, 3.05) is 13.2 Å². The Labute approximate surface area is 109 Å². The summed E-state index contributed by atoms with van der Waals surface area (Å²) in [5.41, 5.74) is 0. The number of unbranched alkanes of at least 4 members (excludes halogenated alkanes) is 6. The Hall–Kier alpha value is -0.560. The highest BCUT2D eigenvalue weighted by Crippen LogP contribution is 2.01. The first-order valence-electron chi connectivity index (χ1n) is 7.14. The predicted molar refractivity (Wildman–Crippen MR) is 79.5 cm³/mol. The van der Waals surface area contributed by atoms with E-state index in [0.29, 0.717) is 0 Å². The summed E-state index contributed by atoms with van der Waals surface area (Å²) in [6.45, 7) is 13.2. The van der Waals surface area contributed by atoms with Crippen LogP contribution < -0.4 is 0 Å². The molecule has 0 aromatic carbocycles. The van der Waals surface area contributed by atoms with Gasteiger partial charge in [0.25, 0.3) is 0 Å². The summed E-state index contributed by atoms with van der Waals surface area (Å²) in [4.78, 5) is 0. The van der Waals surface area contributed by atoms with Crippen molar-refractivity contribution in [2.45, 2.75) is 65.2 Å². The quantitative estimate of drug-likeness (QED) is 0.341. The van der Waals surface area contributed by atoms with Gasteiger partial charge in [-0.2, -0.15) is 0 Å². The fourth-order valence-electron chi connectivity index (χ4n) is 1.36. The fourth-order valence-corrected chi connectivity index (χ4v) is 1.36. The molecule has 0 atom stereocenters. The molecule has 0 heterocycles. The van der Waals surface area contributed by atoms with Crippen molar-refractivity contribution in [1.82, 2.24) is 0 Å². The fraction of sp³-hybridized carbons (Fsp3) is 0.750. The maximum Gasteiger partial charge on any atom is 0.0466 e. The molecule has 1 heteroatoms. The topological polar surface area (TPSA) is 9.23 Å². The van der Waals surface area contributed by atoms with Crippen LogP contribution in [0.5, 0.6) is 0 Å². The minimum absolute atomic E-state index is 0.978. The molecule has 0 spiro atoms. The van der Waals surface area contributed by atoms with E-state index >= 15 is 0 Å². The highest BCUT2D eigenvalue weighted by Gasteiger charge is 1.90. The molecule has 0 amide bonds. The minimum atomic E-state index is 0.978. The predicted octanol–water partition coefficient (Wildman–Crippen LogP) is 5.52. The van der Waals surface area contributed by atoms with Crippen LogP contribution in [0.1, 0.15) is 65.2 Å². The van der Waals surface area contributed by atoms with Crippen LogP contribution in [0.4, 0.5) is 0 Å². The smallest absolute Gasteiger partial charge is 0.0466 e. The summed E-state index contributed by atoms with van der Waals surface area (Å²) in [5, 5.41) is 0. The molecule has 0 radical (unpaired) electrons. The molecule has 0 aliphatic heterocycles. The van der Waals surface area contributed by atoms with Crippen LogP contribution in [-0.4, -0.2) is 13.2 Å². The van der Waals surface area contributed by atoms with Gasteiger partial charge in [-0.1, -0.05) is 77.7 Å². The van der Waals surface area contributed by atoms with Gasteiger partial charge in [0, 0.05) is 13.2 Å². The van der Waals surface area contributed by atoms with E-state index in [2.05, 4.69) is 27.0 Å². The van der Waals surface area contributed by atoms with Gasteiger partial charge in [0.2, 0.25) is 0 Å². The first-order valence-corrected chi connectivity index (χ1v) is 7.14. The Morgan fingerprint density at radius 2 is 1.12 bits per heavy atom. The molecule has 0 aliphatic carbocycles. The normalized spacial score (nSPS) is 9.29. The third-order valence-corrected chi connectivity index (χ3v) is 2.45. The van der Waals surface area contributed by atoms with E-state index in [-0.39, 0.29) is 0 Å². The second kappa shape index (κ2) is 20.8. The zero-order chi connectivity index (χ0) is 13.2. The molecule has 102 valence electrons. The molecule has 0 fully saturated rings. The lowest BCUT2D eigenvalue weighted by Gasteiger charge is -2.03. The summed E-state index contributed by atoms with van der Waals surface area (Å²) < 4.78 is 5.53. The van der Waals surface area contributed by atoms with E-state index in [4.69, 9.17) is 4.74 Å². The summed E-state index contributed by atoms with van der Waals surface area (Å²) in [7, 11) is 0. The van der Waals surface area contributed by atoms with Gasteiger partial charge in [-0.3, -0.25) is 0 Å². The van der Waals surface area contributed by atoms with Crippen molar-refractivity contribution in [1.29, 1.82) is 0 Å². The molecular formula is C16H32O. The van der Waals surface area contributed by atoms with Crippen LogP contribution in [0, 0.1) is 0 Å². The van der Waals surface area contributed by atoms with Gasteiger partial charge in [0.05, 0.1) is 0 Å². The Morgan fingerprint density at radius 1 is 0.706 bits per heavy atom. The molecule has 0 N–H and O–H groups in total. The van der Waals surface area contributed by atoms with Crippen molar-refractivity contribution in [3.05, 3.63) is 25.3 Å². The maximum absolute atomic E-state index is 5.53. The zero-order valence-electron chi connectivity index (χ0n) is 12.0. The number of rotatable bonds is 11. The summed E-state index contributed by atoms with van der Waals surface area (Å²) in [5.74, 6) is 0. The van der Waals surface area contributed by atoms with E-state index in [9.17, 15) is 0 Å². The van der Waals surface area contributed by atoms with Gasteiger partial charge in [0.15, 0.2) is 0 Å². The van der Waals surface area contributed by atoms with E-state index in [0.717, 1.165) is 13.2 Å². The molecule has 1 nitrogen and oxygen atoms in total. The van der Waals surface area contributed by atoms with Gasteiger partial charge in [-0.25, -0.2) is 0 Å². The highest BCUT2D eigenvalue weighted by molar-refractivity contribution is 4.88. The molecule has 0 aromatic heterocycles.